The minimum atomic E-state index is -0.0754. The van der Waals surface area contributed by atoms with Crippen LogP contribution in [0.5, 0.6) is 0 Å². The van der Waals surface area contributed by atoms with Gasteiger partial charge in [0.1, 0.15) is 11.5 Å². The van der Waals surface area contributed by atoms with Crippen molar-refractivity contribution in [1.82, 2.24) is 29.7 Å². The highest BCUT2D eigenvalue weighted by atomic mass is 16.2. The fourth-order valence-corrected chi connectivity index (χ4v) is 3.18. The van der Waals surface area contributed by atoms with Crippen LogP contribution in [-0.2, 0) is 0 Å². The number of fused-ring (bicyclic) bond motifs is 1. The second-order valence-corrected chi connectivity index (χ2v) is 7.22. The predicted molar refractivity (Wildman–Crippen MR) is 109 cm³/mol. The Kier molecular flexibility index (Phi) is 4.82. The van der Waals surface area contributed by atoms with Crippen molar-refractivity contribution >= 4 is 34.3 Å². The molecule has 0 unspecified atom stereocenters. The first kappa shape index (κ1) is 18.2. The summed E-state index contributed by atoms with van der Waals surface area (Å²) in [4.78, 5) is 34.6. The number of hydrogen-bond donors (Lipinski definition) is 2. The summed E-state index contributed by atoms with van der Waals surface area (Å²) in [5.74, 6) is 1.03. The summed E-state index contributed by atoms with van der Waals surface area (Å²) in [5, 5.41) is 4.00. The van der Waals surface area contributed by atoms with Gasteiger partial charge in [-0.1, -0.05) is 0 Å². The lowest BCUT2D eigenvalue weighted by atomic mass is 10.3. The lowest BCUT2D eigenvalue weighted by Crippen LogP contribution is -2.44. The maximum Gasteiger partial charge on any atom is 0.269 e. The van der Waals surface area contributed by atoms with Crippen LogP contribution < -0.4 is 10.2 Å². The molecule has 9 heteroatoms. The molecule has 4 rings (SSSR count). The minimum absolute atomic E-state index is 0.0754. The van der Waals surface area contributed by atoms with Crippen molar-refractivity contribution in [2.75, 3.05) is 57.5 Å². The molecule has 1 saturated heterocycles. The van der Waals surface area contributed by atoms with Crippen molar-refractivity contribution in [2.24, 2.45) is 0 Å². The molecule has 0 bridgehead atoms. The Morgan fingerprint density at radius 2 is 1.79 bits per heavy atom. The van der Waals surface area contributed by atoms with Crippen LogP contribution in [0.15, 0.2) is 30.7 Å². The number of carbonyl (C=O) groups excluding carboxylic acids is 1. The number of anilines is 3. The quantitative estimate of drug-likeness (QED) is 0.709. The van der Waals surface area contributed by atoms with Gasteiger partial charge in [0, 0.05) is 57.9 Å². The summed E-state index contributed by atoms with van der Waals surface area (Å²) in [5.41, 5.74) is 2.39. The van der Waals surface area contributed by atoms with E-state index in [1.54, 1.807) is 26.4 Å². The van der Waals surface area contributed by atoms with E-state index in [0.717, 1.165) is 42.8 Å². The van der Waals surface area contributed by atoms with Crippen LogP contribution in [0.2, 0.25) is 0 Å². The number of rotatable bonds is 4. The monoisotopic (exact) mass is 380 g/mol. The smallest absolute Gasteiger partial charge is 0.269 e. The van der Waals surface area contributed by atoms with E-state index in [0.29, 0.717) is 17.5 Å². The average Bonchev–Trinajstić information content (AvgIpc) is 3.12. The van der Waals surface area contributed by atoms with Crippen LogP contribution in [0.25, 0.3) is 10.9 Å². The van der Waals surface area contributed by atoms with Crippen LogP contribution in [-0.4, -0.2) is 83.0 Å². The lowest BCUT2D eigenvalue weighted by Gasteiger charge is -2.33. The molecule has 2 N–H and O–H groups in total. The molecule has 28 heavy (non-hydrogen) atoms. The molecule has 3 aromatic heterocycles. The van der Waals surface area contributed by atoms with Gasteiger partial charge in [-0.3, -0.25) is 4.79 Å². The molecular weight excluding hydrogens is 356 g/mol. The van der Waals surface area contributed by atoms with Crippen LogP contribution in [0.1, 0.15) is 10.5 Å². The van der Waals surface area contributed by atoms with Gasteiger partial charge in [-0.05, 0) is 13.1 Å². The standard InChI is InChI=1S/C19H24N8O/c1-25(2)18(28)16-8-13-10-20-17(9-15(13)23-16)24-19-21-11-14(12-22-19)27-6-4-26(3)5-7-27/h8-12,23H,4-7H2,1-3H3,(H,20,21,22,24). The molecule has 0 spiro atoms. The van der Waals surface area contributed by atoms with Gasteiger partial charge in [0.2, 0.25) is 5.95 Å². The third-order valence-corrected chi connectivity index (χ3v) is 4.89. The van der Waals surface area contributed by atoms with Crippen LogP contribution in [0.4, 0.5) is 17.5 Å². The highest BCUT2D eigenvalue weighted by Gasteiger charge is 2.15. The Labute approximate surface area is 163 Å². The van der Waals surface area contributed by atoms with Gasteiger partial charge in [0.05, 0.1) is 23.6 Å². The van der Waals surface area contributed by atoms with Gasteiger partial charge in [-0.15, -0.1) is 0 Å². The number of likely N-dealkylation sites (N-methyl/N-ethyl adjacent to an activating group) is 1. The van der Waals surface area contributed by atoms with E-state index in [9.17, 15) is 4.79 Å². The third-order valence-electron chi connectivity index (χ3n) is 4.89. The van der Waals surface area contributed by atoms with Gasteiger partial charge in [-0.2, -0.15) is 0 Å². The van der Waals surface area contributed by atoms with Gasteiger partial charge in [0.25, 0.3) is 5.91 Å². The molecule has 0 radical (unpaired) electrons. The maximum atomic E-state index is 12.1. The van der Waals surface area contributed by atoms with Gasteiger partial charge in [-0.25, -0.2) is 15.0 Å². The molecule has 1 fully saturated rings. The van der Waals surface area contributed by atoms with E-state index < -0.39 is 0 Å². The fraction of sp³-hybridized carbons (Fsp3) is 0.368. The van der Waals surface area contributed by atoms with E-state index >= 15 is 0 Å². The third kappa shape index (κ3) is 3.74. The minimum Gasteiger partial charge on any atom is -0.366 e. The second kappa shape index (κ2) is 7.43. The number of nitrogens with one attached hydrogen (secondary N) is 2. The Balaban J connectivity index is 1.47. The maximum absolute atomic E-state index is 12.1. The highest BCUT2D eigenvalue weighted by molar-refractivity contribution is 5.98. The molecule has 0 atom stereocenters. The number of aromatic amines is 1. The molecule has 146 valence electrons. The summed E-state index contributed by atoms with van der Waals surface area (Å²) in [6.07, 6.45) is 5.39. The molecule has 1 aliphatic rings. The number of hydrogen-bond acceptors (Lipinski definition) is 7. The summed E-state index contributed by atoms with van der Waals surface area (Å²) in [7, 11) is 5.58. The average molecular weight is 380 g/mol. The number of nitrogens with zero attached hydrogens (tertiary/aromatic N) is 6. The molecule has 0 aliphatic carbocycles. The lowest BCUT2D eigenvalue weighted by molar-refractivity contribution is 0.0823. The zero-order valence-electron chi connectivity index (χ0n) is 16.3. The summed E-state index contributed by atoms with van der Waals surface area (Å²) >= 11 is 0. The van der Waals surface area contributed by atoms with Crippen molar-refractivity contribution in [1.29, 1.82) is 0 Å². The molecule has 0 aromatic carbocycles. The van der Waals surface area contributed by atoms with Crippen molar-refractivity contribution in [3.63, 3.8) is 0 Å². The van der Waals surface area contributed by atoms with Crippen molar-refractivity contribution in [3.05, 3.63) is 36.4 Å². The molecule has 1 aliphatic heterocycles. The Bertz CT molecular complexity index is 973. The normalized spacial score (nSPS) is 15.0. The summed E-state index contributed by atoms with van der Waals surface area (Å²) in [6, 6.07) is 3.65. The molecule has 1 amide bonds. The zero-order chi connectivity index (χ0) is 19.7. The summed E-state index contributed by atoms with van der Waals surface area (Å²) in [6.45, 7) is 4.04. The van der Waals surface area contributed by atoms with Crippen LogP contribution in [0, 0.1) is 0 Å². The predicted octanol–water partition coefficient (Wildman–Crippen LogP) is 1.55. The molecular formula is C19H24N8O. The van der Waals surface area contributed by atoms with Crippen molar-refractivity contribution in [3.8, 4) is 0 Å². The van der Waals surface area contributed by atoms with E-state index in [4.69, 9.17) is 0 Å². The highest BCUT2D eigenvalue weighted by Crippen LogP contribution is 2.21. The van der Waals surface area contributed by atoms with E-state index in [2.05, 4.69) is 42.1 Å². The second-order valence-electron chi connectivity index (χ2n) is 7.22. The number of carbonyl (C=O) groups is 1. The Hall–Kier alpha value is -3.20. The van der Waals surface area contributed by atoms with Crippen LogP contribution >= 0.6 is 0 Å². The van der Waals surface area contributed by atoms with Gasteiger partial charge < -0.3 is 25.0 Å². The largest absolute Gasteiger partial charge is 0.366 e. The van der Waals surface area contributed by atoms with E-state index in [1.807, 2.05) is 18.5 Å². The van der Waals surface area contributed by atoms with Crippen molar-refractivity contribution < 1.29 is 4.79 Å². The SMILES string of the molecule is CN1CCN(c2cnc(Nc3cc4[nH]c(C(=O)N(C)C)cc4cn3)nc2)CC1. The Morgan fingerprint density at radius 1 is 1.07 bits per heavy atom. The number of H-pyrrole nitrogens is 1. The fourth-order valence-electron chi connectivity index (χ4n) is 3.18. The number of pyridine rings is 1. The molecule has 4 heterocycles. The Morgan fingerprint density at radius 3 is 2.46 bits per heavy atom. The van der Waals surface area contributed by atoms with Crippen molar-refractivity contribution in [2.45, 2.75) is 0 Å². The molecule has 9 nitrogen and oxygen atoms in total. The number of aromatic nitrogens is 4. The van der Waals surface area contributed by atoms with E-state index in [-0.39, 0.29) is 5.91 Å². The topological polar surface area (TPSA) is 93.3 Å². The first-order valence-corrected chi connectivity index (χ1v) is 9.22. The van der Waals surface area contributed by atoms with Gasteiger partial charge >= 0.3 is 0 Å². The number of amides is 1. The zero-order valence-corrected chi connectivity index (χ0v) is 16.3. The molecule has 3 aromatic rings. The first-order chi connectivity index (χ1) is 13.5. The molecule has 0 saturated carbocycles. The van der Waals surface area contributed by atoms with Crippen LogP contribution in [0.3, 0.4) is 0 Å². The summed E-state index contributed by atoms with van der Waals surface area (Å²) < 4.78 is 0. The first-order valence-electron chi connectivity index (χ1n) is 9.22. The number of piperazine rings is 1. The van der Waals surface area contributed by atoms with Gasteiger partial charge in [0.15, 0.2) is 0 Å². The van der Waals surface area contributed by atoms with E-state index in [1.165, 1.54) is 4.90 Å².